The van der Waals surface area contributed by atoms with Gasteiger partial charge in [0.25, 0.3) is 0 Å². The molecule has 0 radical (unpaired) electrons. The lowest BCUT2D eigenvalue weighted by Gasteiger charge is -2.46. The summed E-state index contributed by atoms with van der Waals surface area (Å²) in [5, 5.41) is 4.67. The van der Waals surface area contributed by atoms with E-state index in [-0.39, 0.29) is 34.7 Å². The number of carbonyl (C=O) groups excluding carboxylic acids is 1. The van der Waals surface area contributed by atoms with Crippen LogP contribution >= 0.6 is 11.6 Å². The lowest BCUT2D eigenvalue weighted by molar-refractivity contribution is -0.139. The second kappa shape index (κ2) is 13.8. The van der Waals surface area contributed by atoms with Crippen molar-refractivity contribution >= 4 is 29.0 Å². The summed E-state index contributed by atoms with van der Waals surface area (Å²) in [6, 6.07) is 2.61. The maximum atomic E-state index is 14.0. The van der Waals surface area contributed by atoms with Gasteiger partial charge in [0.05, 0.1) is 23.0 Å². The molecule has 0 spiro atoms. The Balaban J connectivity index is 1.51. The second-order valence-corrected chi connectivity index (χ2v) is 14.4. The highest BCUT2D eigenvalue weighted by molar-refractivity contribution is 6.22. The maximum Gasteiger partial charge on any atom is 0.227 e. The zero-order valence-electron chi connectivity index (χ0n) is 27.4. The van der Waals surface area contributed by atoms with Crippen LogP contribution in [0.5, 0.6) is 0 Å². The third kappa shape index (κ3) is 6.91. The Morgan fingerprint density at radius 1 is 1.21 bits per heavy atom. The van der Waals surface area contributed by atoms with Crippen LogP contribution in [0.2, 0.25) is 0 Å². The molecular weight excluding hydrogens is 546 g/mol. The van der Waals surface area contributed by atoms with Crippen LogP contribution in [0.15, 0.2) is 12.3 Å². The monoisotopic (exact) mass is 601 g/mol. The van der Waals surface area contributed by atoms with E-state index in [1.165, 1.54) is 12.8 Å². The van der Waals surface area contributed by atoms with Gasteiger partial charge in [0.1, 0.15) is 5.82 Å². The Kier molecular flexibility index (Phi) is 10.9. The number of hydrogen-bond acceptors (Lipinski definition) is 6. The number of nitrogens with two attached hydrogens (primary N) is 1. The first-order valence-corrected chi connectivity index (χ1v) is 16.9. The van der Waals surface area contributed by atoms with Crippen molar-refractivity contribution in [2.45, 2.75) is 117 Å². The molecule has 2 aliphatic heterocycles. The van der Waals surface area contributed by atoms with Gasteiger partial charge in [-0.15, -0.1) is 11.6 Å². The molecule has 0 saturated carbocycles. The quantitative estimate of drug-likeness (QED) is 0.298. The second-order valence-electron chi connectivity index (χ2n) is 13.8. The molecule has 8 nitrogen and oxygen atoms in total. The lowest BCUT2D eigenvalue weighted by Crippen LogP contribution is -2.51. The molecule has 2 saturated heterocycles. The van der Waals surface area contributed by atoms with Gasteiger partial charge in [0, 0.05) is 56.1 Å². The van der Waals surface area contributed by atoms with Crippen LogP contribution in [0.25, 0.3) is 5.65 Å². The Morgan fingerprint density at radius 3 is 2.57 bits per heavy atom. The fourth-order valence-electron chi connectivity index (χ4n) is 7.90. The molecule has 4 rings (SSSR count). The fraction of sp³-hybridized carbons (Fsp3) is 0.788. The molecule has 2 aromatic heterocycles. The highest BCUT2D eigenvalue weighted by Crippen LogP contribution is 2.39. The maximum absolute atomic E-state index is 14.0. The van der Waals surface area contributed by atoms with Crippen LogP contribution in [0.3, 0.4) is 0 Å². The highest BCUT2D eigenvalue weighted by atomic mass is 35.5. The summed E-state index contributed by atoms with van der Waals surface area (Å²) in [7, 11) is 2.19. The third-order valence-electron chi connectivity index (χ3n) is 10.1. The van der Waals surface area contributed by atoms with E-state index < -0.39 is 0 Å². The molecule has 0 aromatic carbocycles. The van der Waals surface area contributed by atoms with Crippen LogP contribution < -0.4 is 10.6 Å². The smallest absolute Gasteiger partial charge is 0.227 e. The number of hydrogen-bond donors (Lipinski definition) is 1. The van der Waals surface area contributed by atoms with Gasteiger partial charge in [-0.2, -0.15) is 5.10 Å². The number of rotatable bonds is 12. The number of amides is 1. The topological polar surface area (TPSA) is 83.0 Å². The molecule has 6 atom stereocenters. The molecular formula is C33H56ClN7O. The average molecular weight is 602 g/mol. The minimum atomic E-state index is -0.287. The van der Waals surface area contributed by atoms with Crippen LogP contribution in [0.4, 0.5) is 5.82 Å². The summed E-state index contributed by atoms with van der Waals surface area (Å²) in [5.74, 6) is 1.33. The number of alkyl halides is 1. The first-order valence-electron chi connectivity index (χ1n) is 16.4. The molecule has 2 aliphatic rings. The summed E-state index contributed by atoms with van der Waals surface area (Å²) in [4.78, 5) is 25.8. The Labute approximate surface area is 259 Å². The molecule has 6 unspecified atom stereocenters. The van der Waals surface area contributed by atoms with Gasteiger partial charge in [0.2, 0.25) is 5.91 Å². The zero-order valence-corrected chi connectivity index (χ0v) is 28.2. The van der Waals surface area contributed by atoms with Crippen molar-refractivity contribution in [1.82, 2.24) is 24.4 Å². The predicted octanol–water partition coefficient (Wildman–Crippen LogP) is 6.05. The Morgan fingerprint density at radius 2 is 1.95 bits per heavy atom. The molecule has 1 amide bonds. The summed E-state index contributed by atoms with van der Waals surface area (Å²) in [6.45, 7) is 18.9. The SMILES string of the molecule is CCCC(C)(CC)C(C(C)C)N(C)CC(Cl)C(C)C(=O)N1CCCCC1c1cc2nc(N3CCC(N)C3)c(C)cn2n1. The van der Waals surface area contributed by atoms with E-state index in [2.05, 4.69) is 70.7 Å². The van der Waals surface area contributed by atoms with Crippen molar-refractivity contribution in [1.29, 1.82) is 0 Å². The molecule has 4 heterocycles. The van der Waals surface area contributed by atoms with Crippen molar-refractivity contribution in [3.63, 3.8) is 0 Å². The third-order valence-corrected chi connectivity index (χ3v) is 10.6. The van der Waals surface area contributed by atoms with Crippen LogP contribution in [-0.4, -0.2) is 81.0 Å². The standard InChI is InChI=1S/C33H56ClN7O/c1-9-15-33(7,10-2)30(22(3)4)38(8)21-26(34)24(6)32(42)40-16-12-11-13-28(40)27-18-29-36-31(23(5)19-41(29)37-27)39-17-14-25(35)20-39/h18-19,22,24-26,28,30H,9-17,20-21,35H2,1-8H3. The normalized spacial score (nSPS) is 23.5. The van der Waals surface area contributed by atoms with Crippen molar-refractivity contribution < 1.29 is 4.79 Å². The molecule has 0 bridgehead atoms. The molecule has 0 aliphatic carbocycles. The van der Waals surface area contributed by atoms with E-state index in [4.69, 9.17) is 27.4 Å². The van der Waals surface area contributed by atoms with Gasteiger partial charge >= 0.3 is 0 Å². The van der Waals surface area contributed by atoms with E-state index in [1.807, 2.05) is 16.3 Å². The number of aryl methyl sites for hydroxylation is 1. The zero-order chi connectivity index (χ0) is 30.8. The number of anilines is 1. The number of halogens is 1. The fourth-order valence-corrected chi connectivity index (χ4v) is 8.22. The first kappa shape index (κ1) is 33.0. The molecule has 9 heteroatoms. The summed E-state index contributed by atoms with van der Waals surface area (Å²) in [5.41, 5.74) is 9.21. The van der Waals surface area contributed by atoms with E-state index in [0.29, 0.717) is 18.5 Å². The largest absolute Gasteiger partial charge is 0.355 e. The van der Waals surface area contributed by atoms with Gasteiger partial charge in [-0.25, -0.2) is 9.50 Å². The minimum absolute atomic E-state index is 0.0580. The van der Waals surface area contributed by atoms with Crippen LogP contribution in [-0.2, 0) is 4.79 Å². The van der Waals surface area contributed by atoms with Crippen molar-refractivity contribution in [2.24, 2.45) is 23.0 Å². The van der Waals surface area contributed by atoms with Gasteiger partial charge in [0.15, 0.2) is 5.65 Å². The lowest BCUT2D eigenvalue weighted by atomic mass is 9.71. The summed E-state index contributed by atoms with van der Waals surface area (Å²) < 4.78 is 1.87. The average Bonchev–Trinajstić information content (AvgIpc) is 3.57. The summed E-state index contributed by atoms with van der Waals surface area (Å²) in [6.07, 6.45) is 9.52. The molecule has 42 heavy (non-hydrogen) atoms. The molecule has 2 fully saturated rings. The number of carbonyl (C=O) groups is 1. The van der Waals surface area contributed by atoms with E-state index in [1.54, 1.807) is 0 Å². The van der Waals surface area contributed by atoms with E-state index in [9.17, 15) is 4.79 Å². The van der Waals surface area contributed by atoms with Crippen LogP contribution in [0.1, 0.15) is 104 Å². The Bertz CT molecular complexity index is 1200. The minimum Gasteiger partial charge on any atom is -0.355 e. The van der Waals surface area contributed by atoms with Gasteiger partial charge in [-0.1, -0.05) is 48.0 Å². The van der Waals surface area contributed by atoms with Gasteiger partial charge < -0.3 is 20.4 Å². The van der Waals surface area contributed by atoms with Crippen LogP contribution in [0, 0.1) is 24.2 Å². The highest BCUT2D eigenvalue weighted by Gasteiger charge is 2.39. The number of fused-ring (bicyclic) bond motifs is 1. The van der Waals surface area contributed by atoms with Crippen molar-refractivity contribution in [2.75, 3.05) is 38.1 Å². The number of likely N-dealkylation sites (tertiary alicyclic amines) is 1. The number of aromatic nitrogens is 3. The predicted molar refractivity (Wildman–Crippen MR) is 174 cm³/mol. The number of piperidine rings is 1. The number of nitrogens with zero attached hydrogens (tertiary/aromatic N) is 6. The molecule has 2 N–H and O–H groups in total. The molecule has 236 valence electrons. The van der Waals surface area contributed by atoms with E-state index in [0.717, 1.165) is 74.5 Å². The van der Waals surface area contributed by atoms with Crippen molar-refractivity contribution in [3.8, 4) is 0 Å². The Hall–Kier alpha value is -1.90. The van der Waals surface area contributed by atoms with Gasteiger partial charge in [-0.05, 0) is 63.8 Å². The summed E-state index contributed by atoms with van der Waals surface area (Å²) >= 11 is 7.09. The molecule has 2 aromatic rings. The first-order chi connectivity index (χ1) is 19.9. The van der Waals surface area contributed by atoms with E-state index >= 15 is 0 Å². The van der Waals surface area contributed by atoms with Gasteiger partial charge in [-0.3, -0.25) is 4.79 Å². The van der Waals surface area contributed by atoms with Crippen molar-refractivity contribution in [3.05, 3.63) is 23.5 Å².